The zero-order chi connectivity index (χ0) is 20.9. The number of ether oxygens (including phenoxy) is 1. The average Bonchev–Trinajstić information content (AvgIpc) is 3.00. The van der Waals surface area contributed by atoms with Gasteiger partial charge in [-0.15, -0.1) is 0 Å². The van der Waals surface area contributed by atoms with Gasteiger partial charge in [0.25, 0.3) is 5.91 Å². The zero-order valence-electron chi connectivity index (χ0n) is 15.7. The van der Waals surface area contributed by atoms with Crippen molar-refractivity contribution in [2.75, 3.05) is 24.7 Å². The first-order chi connectivity index (χ1) is 13.1. The highest BCUT2D eigenvalue weighted by Gasteiger charge is 2.34. The van der Waals surface area contributed by atoms with Gasteiger partial charge >= 0.3 is 5.97 Å². The number of rotatable bonds is 8. The number of benzene rings is 1. The molecule has 1 aromatic carbocycles. The molecular formula is C17H24N2O7S2. The summed E-state index contributed by atoms with van der Waals surface area (Å²) >= 11 is 0. The van der Waals surface area contributed by atoms with Crippen LogP contribution in [0.4, 0.5) is 0 Å². The third kappa shape index (κ3) is 5.76. The maximum Gasteiger partial charge on any atom is 0.324 e. The molecule has 1 N–H and O–H groups in total. The number of nitrogens with one attached hydrogen (secondary N) is 1. The van der Waals surface area contributed by atoms with E-state index in [1.807, 2.05) is 0 Å². The molecule has 1 amide bonds. The summed E-state index contributed by atoms with van der Waals surface area (Å²) in [6.45, 7) is 2.73. The Morgan fingerprint density at radius 2 is 1.93 bits per heavy atom. The van der Waals surface area contributed by atoms with E-state index in [-0.39, 0.29) is 22.9 Å². The molecule has 0 aromatic heterocycles. The van der Waals surface area contributed by atoms with Gasteiger partial charge in [-0.3, -0.25) is 9.59 Å². The number of carbonyl (C=O) groups is 2. The van der Waals surface area contributed by atoms with E-state index in [1.165, 1.54) is 24.0 Å². The normalized spacial score (nSPS) is 19.7. The molecule has 9 nitrogen and oxygen atoms in total. The second-order valence-corrected chi connectivity index (χ2v) is 10.4. The Hall–Kier alpha value is -1.98. The summed E-state index contributed by atoms with van der Waals surface area (Å²) in [7, 11) is -7.06. The monoisotopic (exact) mass is 432 g/mol. The van der Waals surface area contributed by atoms with Crippen molar-refractivity contribution < 1.29 is 31.2 Å². The molecular weight excluding hydrogens is 408 g/mol. The predicted molar refractivity (Wildman–Crippen MR) is 102 cm³/mol. The van der Waals surface area contributed by atoms with Crippen molar-refractivity contribution >= 4 is 31.7 Å². The van der Waals surface area contributed by atoms with Gasteiger partial charge in [0.2, 0.25) is 10.0 Å². The van der Waals surface area contributed by atoms with Crippen molar-refractivity contribution in [3.8, 4) is 0 Å². The molecule has 2 unspecified atom stereocenters. The van der Waals surface area contributed by atoms with Crippen LogP contribution in [0, 0.1) is 0 Å². The Balaban J connectivity index is 1.90. The van der Waals surface area contributed by atoms with Gasteiger partial charge in [0.05, 0.1) is 16.4 Å². The number of carbonyl (C=O) groups excluding carboxylic acids is 2. The Kier molecular flexibility index (Phi) is 7.18. The first-order valence-electron chi connectivity index (χ1n) is 8.79. The van der Waals surface area contributed by atoms with Gasteiger partial charge < -0.3 is 9.64 Å². The van der Waals surface area contributed by atoms with Crippen molar-refractivity contribution in [1.82, 2.24) is 9.62 Å². The lowest BCUT2D eigenvalue weighted by molar-refractivity contribution is -0.153. The maximum absolute atomic E-state index is 12.3. The van der Waals surface area contributed by atoms with E-state index >= 15 is 0 Å². The minimum absolute atomic E-state index is 0.00493. The van der Waals surface area contributed by atoms with E-state index in [0.29, 0.717) is 6.42 Å². The van der Waals surface area contributed by atoms with Gasteiger partial charge in [-0.25, -0.2) is 16.8 Å². The third-order valence-corrected chi connectivity index (χ3v) is 7.69. The number of sulfonamides is 1. The van der Waals surface area contributed by atoms with Crippen molar-refractivity contribution in [3.63, 3.8) is 0 Å². The predicted octanol–water partition coefficient (Wildman–Crippen LogP) is -0.0678. The summed E-state index contributed by atoms with van der Waals surface area (Å²) in [5, 5.41) is 0. The minimum Gasteiger partial charge on any atom is -0.454 e. The smallest absolute Gasteiger partial charge is 0.324 e. The molecule has 11 heteroatoms. The summed E-state index contributed by atoms with van der Waals surface area (Å²) in [4.78, 5) is 25.8. The van der Waals surface area contributed by atoms with Crippen LogP contribution < -0.4 is 4.72 Å². The maximum atomic E-state index is 12.3. The van der Waals surface area contributed by atoms with Crippen LogP contribution in [0.5, 0.6) is 0 Å². The number of nitrogens with zero attached hydrogens (tertiary/aromatic N) is 1. The van der Waals surface area contributed by atoms with Crippen LogP contribution in [-0.4, -0.2) is 70.4 Å². The summed E-state index contributed by atoms with van der Waals surface area (Å²) in [5.74, 6) is -1.49. The summed E-state index contributed by atoms with van der Waals surface area (Å²) in [5.41, 5.74) is 0. The van der Waals surface area contributed by atoms with Crippen molar-refractivity contribution in [3.05, 3.63) is 30.3 Å². The van der Waals surface area contributed by atoms with Crippen molar-refractivity contribution in [2.24, 2.45) is 0 Å². The van der Waals surface area contributed by atoms with E-state index in [0.717, 1.165) is 0 Å². The largest absolute Gasteiger partial charge is 0.454 e. The van der Waals surface area contributed by atoms with Crippen LogP contribution in [0.3, 0.4) is 0 Å². The van der Waals surface area contributed by atoms with Crippen LogP contribution in [0.2, 0.25) is 0 Å². The first kappa shape index (κ1) is 22.3. The van der Waals surface area contributed by atoms with Crippen LogP contribution >= 0.6 is 0 Å². The fraction of sp³-hybridized carbons (Fsp3) is 0.529. The zero-order valence-corrected chi connectivity index (χ0v) is 17.3. The Morgan fingerprint density at radius 3 is 2.46 bits per heavy atom. The average molecular weight is 433 g/mol. The molecule has 1 aliphatic rings. The third-order valence-electron chi connectivity index (χ3n) is 4.39. The van der Waals surface area contributed by atoms with Gasteiger partial charge in [-0.1, -0.05) is 18.2 Å². The van der Waals surface area contributed by atoms with Crippen LogP contribution in [0.25, 0.3) is 0 Å². The summed E-state index contributed by atoms with van der Waals surface area (Å²) < 4.78 is 54.8. The van der Waals surface area contributed by atoms with Crippen LogP contribution in [0.15, 0.2) is 35.2 Å². The number of esters is 1. The summed E-state index contributed by atoms with van der Waals surface area (Å²) in [6, 6.07) is 5.92. The fourth-order valence-corrected chi connectivity index (χ4v) is 5.89. The number of hydrogen-bond acceptors (Lipinski definition) is 7. The fourth-order valence-electron chi connectivity index (χ4n) is 2.95. The number of hydrogen-bond donors (Lipinski definition) is 1. The molecule has 0 radical (unpaired) electrons. The lowest BCUT2D eigenvalue weighted by Crippen LogP contribution is -2.45. The summed E-state index contributed by atoms with van der Waals surface area (Å²) in [6.07, 6.45) is 0.350. The van der Waals surface area contributed by atoms with Gasteiger partial charge in [-0.05, 0) is 32.4 Å². The second kappa shape index (κ2) is 9.01. The van der Waals surface area contributed by atoms with Gasteiger partial charge in [-0.2, -0.15) is 4.72 Å². The van der Waals surface area contributed by atoms with E-state index in [4.69, 9.17) is 4.74 Å². The Morgan fingerprint density at radius 1 is 1.29 bits per heavy atom. The van der Waals surface area contributed by atoms with Crippen molar-refractivity contribution in [1.29, 1.82) is 0 Å². The standard InChI is InChI=1S/C17H24N2O7S2/c1-3-19(14-9-10-27(22,23)12-14)16(20)11-26-17(21)13(2)18-28(24,25)15-7-5-4-6-8-15/h4-8,13-14,18H,3,9-12H2,1-2H3. The highest BCUT2D eigenvalue weighted by Crippen LogP contribution is 2.18. The van der Waals surface area contributed by atoms with Crippen LogP contribution in [0.1, 0.15) is 20.3 Å². The lowest BCUT2D eigenvalue weighted by Gasteiger charge is -2.26. The van der Waals surface area contributed by atoms with Gasteiger partial charge in [0, 0.05) is 12.6 Å². The minimum atomic E-state index is -3.90. The molecule has 1 aromatic rings. The van der Waals surface area contributed by atoms with Crippen molar-refractivity contribution in [2.45, 2.75) is 37.2 Å². The van der Waals surface area contributed by atoms with Gasteiger partial charge in [0.15, 0.2) is 16.4 Å². The highest BCUT2D eigenvalue weighted by atomic mass is 32.2. The van der Waals surface area contributed by atoms with E-state index < -0.39 is 50.4 Å². The van der Waals surface area contributed by atoms with E-state index in [2.05, 4.69) is 4.72 Å². The highest BCUT2D eigenvalue weighted by molar-refractivity contribution is 7.91. The lowest BCUT2D eigenvalue weighted by atomic mass is 10.2. The second-order valence-electron chi connectivity index (χ2n) is 6.50. The van der Waals surface area contributed by atoms with E-state index in [9.17, 15) is 26.4 Å². The van der Waals surface area contributed by atoms with E-state index in [1.54, 1.807) is 25.1 Å². The Labute approximate surface area is 165 Å². The molecule has 28 heavy (non-hydrogen) atoms. The quantitative estimate of drug-likeness (QED) is 0.570. The molecule has 1 aliphatic heterocycles. The van der Waals surface area contributed by atoms with Gasteiger partial charge in [0.1, 0.15) is 6.04 Å². The molecule has 1 fully saturated rings. The molecule has 156 valence electrons. The first-order valence-corrected chi connectivity index (χ1v) is 12.1. The molecule has 1 heterocycles. The number of likely N-dealkylation sites (N-methyl/N-ethyl adjacent to an activating group) is 1. The number of amides is 1. The molecule has 0 spiro atoms. The molecule has 1 saturated heterocycles. The number of sulfone groups is 1. The topological polar surface area (TPSA) is 127 Å². The molecule has 0 saturated carbocycles. The SMILES string of the molecule is CCN(C(=O)COC(=O)C(C)NS(=O)(=O)c1ccccc1)C1CCS(=O)(=O)C1. The molecule has 2 rings (SSSR count). The molecule has 2 atom stereocenters. The molecule has 0 bridgehead atoms. The van der Waals surface area contributed by atoms with Crippen LogP contribution in [-0.2, 0) is 34.2 Å². The molecule has 0 aliphatic carbocycles. The Bertz CT molecular complexity index is 914.